The van der Waals surface area contributed by atoms with Crippen LogP contribution < -0.4 is 0 Å². The number of carbonyl (C=O) groups is 1. The number of hydrogen-bond acceptors (Lipinski definition) is 3. The van der Waals surface area contributed by atoms with E-state index in [2.05, 4.69) is 10.2 Å². The van der Waals surface area contributed by atoms with Crippen LogP contribution in [-0.4, -0.2) is 5.78 Å². The zero-order chi connectivity index (χ0) is 24.2. The van der Waals surface area contributed by atoms with Crippen molar-refractivity contribution in [3.05, 3.63) is 90.7 Å². The third kappa shape index (κ3) is 4.38. The maximum Gasteiger partial charge on any atom is 0.178 e. The summed E-state index contributed by atoms with van der Waals surface area (Å²) in [6.07, 6.45) is 1.12. The predicted octanol–water partition coefficient (Wildman–Crippen LogP) is 6.98. The molecule has 2 rings (SSSR count). The third-order valence-electron chi connectivity index (χ3n) is 3.67. The minimum Gasteiger partial charge on any atom is -0.290 e. The summed E-state index contributed by atoms with van der Waals surface area (Å²) in [5, 5.41) is 4.93. The van der Waals surface area contributed by atoms with Gasteiger partial charge in [-0.05, 0) is 35.4 Å². The Balaban J connectivity index is 2.43. The highest BCUT2D eigenvalue weighted by Crippen LogP contribution is 2.32. The summed E-state index contributed by atoms with van der Waals surface area (Å²) in [5.41, 5.74) is 10.3. The van der Waals surface area contributed by atoms with Gasteiger partial charge in [0, 0.05) is 9.82 Å². The fraction of sp³-hybridized carbons (Fsp3) is 0. The molecule has 0 atom stereocenters. The van der Waals surface area contributed by atoms with Crippen molar-refractivity contribution >= 4 is 29.3 Å². The van der Waals surface area contributed by atoms with Crippen molar-refractivity contribution in [2.45, 2.75) is 0 Å². The second kappa shape index (κ2) is 9.64. The summed E-state index contributed by atoms with van der Waals surface area (Å²) >= 11 is 0. The fourth-order valence-corrected chi connectivity index (χ4v) is 2.22. The summed E-state index contributed by atoms with van der Waals surface area (Å²) in [6.45, 7) is 0. The number of carbonyl (C=O) groups excluding carboxylic acids is 1. The lowest BCUT2D eigenvalue weighted by molar-refractivity contribution is -0.110. The number of hydrogen-bond donors (Lipinski definition) is 0. The molecule has 0 aromatic heterocycles. The van der Waals surface area contributed by atoms with Gasteiger partial charge < -0.3 is 0 Å². The molecule has 32 heavy (non-hydrogen) atoms. The SMILES string of the molecule is [N-]=[N+]=Nc1c(F)c(F)c(C=CC(=O)C=Cc2c(F)c(F)c(N=[N+]=[N-])c(F)c2F)c(F)c1F. The van der Waals surface area contributed by atoms with E-state index in [1.165, 1.54) is 0 Å². The molecule has 2 aromatic rings. The molecule has 0 bridgehead atoms. The third-order valence-corrected chi connectivity index (χ3v) is 3.67. The minimum absolute atomic E-state index is 0.252. The average molecular weight is 460 g/mol. The Morgan fingerprint density at radius 1 is 0.594 bits per heavy atom. The van der Waals surface area contributed by atoms with Gasteiger partial charge in [0.25, 0.3) is 0 Å². The van der Waals surface area contributed by atoms with Crippen molar-refractivity contribution in [2.75, 3.05) is 0 Å². The lowest BCUT2D eigenvalue weighted by Crippen LogP contribution is -2.01. The number of allylic oxidation sites excluding steroid dienone is 2. The van der Waals surface area contributed by atoms with Gasteiger partial charge >= 0.3 is 0 Å². The lowest BCUT2D eigenvalue weighted by Gasteiger charge is -2.06. The van der Waals surface area contributed by atoms with E-state index >= 15 is 0 Å². The Kier molecular flexibility index (Phi) is 7.21. The minimum atomic E-state index is -2.06. The zero-order valence-corrected chi connectivity index (χ0v) is 14.9. The van der Waals surface area contributed by atoms with E-state index in [1.807, 2.05) is 9.82 Å². The van der Waals surface area contributed by atoms with E-state index < -0.39 is 74.8 Å². The van der Waals surface area contributed by atoms with Gasteiger partial charge in [-0.15, -0.1) is 0 Å². The van der Waals surface area contributed by atoms with E-state index in [9.17, 15) is 39.9 Å². The zero-order valence-electron chi connectivity index (χ0n) is 14.9. The smallest absolute Gasteiger partial charge is 0.178 e. The van der Waals surface area contributed by atoms with Gasteiger partial charge in [0.1, 0.15) is 11.4 Å². The highest BCUT2D eigenvalue weighted by atomic mass is 19.2. The van der Waals surface area contributed by atoms with Gasteiger partial charge in [-0.25, -0.2) is 35.1 Å². The van der Waals surface area contributed by atoms with E-state index in [4.69, 9.17) is 11.1 Å². The quantitative estimate of drug-likeness (QED) is 0.114. The van der Waals surface area contributed by atoms with Crippen molar-refractivity contribution < 1.29 is 39.9 Å². The fourth-order valence-electron chi connectivity index (χ4n) is 2.22. The van der Waals surface area contributed by atoms with Crippen LogP contribution in [0.4, 0.5) is 46.5 Å². The van der Waals surface area contributed by atoms with Crippen LogP contribution in [-0.2, 0) is 4.79 Å². The Bertz CT molecular complexity index is 1140. The summed E-state index contributed by atoms with van der Waals surface area (Å²) < 4.78 is 110. The van der Waals surface area contributed by atoms with Crippen LogP contribution in [0.25, 0.3) is 33.0 Å². The van der Waals surface area contributed by atoms with Crippen molar-refractivity contribution in [1.82, 2.24) is 0 Å². The molecular formula is C17H4F8N6O. The first kappa shape index (κ1) is 23.9. The van der Waals surface area contributed by atoms with Crippen LogP contribution in [0.2, 0.25) is 0 Å². The maximum atomic E-state index is 13.9. The Morgan fingerprint density at radius 2 is 0.875 bits per heavy atom. The lowest BCUT2D eigenvalue weighted by atomic mass is 10.1. The molecular weight excluding hydrogens is 456 g/mol. The van der Waals surface area contributed by atoms with E-state index in [1.54, 1.807) is 0 Å². The topological polar surface area (TPSA) is 115 Å². The van der Waals surface area contributed by atoms with Crippen LogP contribution >= 0.6 is 0 Å². The Labute approximate surface area is 171 Å². The van der Waals surface area contributed by atoms with Crippen molar-refractivity contribution in [1.29, 1.82) is 0 Å². The standard InChI is InChI=1S/C17H4F8N6O/c18-8-6(9(19)13(23)16(12(8)22)28-30-26)3-1-5(32)2-4-7-10(20)14(24)17(29-31-27)15(25)11(7)21/h1-4H. The summed E-state index contributed by atoms with van der Waals surface area (Å²) in [7, 11) is 0. The number of nitrogens with zero attached hydrogens (tertiary/aromatic N) is 6. The van der Waals surface area contributed by atoms with E-state index in [-0.39, 0.29) is 12.2 Å². The highest BCUT2D eigenvalue weighted by Gasteiger charge is 2.24. The molecule has 2 aromatic carbocycles. The van der Waals surface area contributed by atoms with Crippen molar-refractivity contribution in [2.24, 2.45) is 10.2 Å². The molecule has 0 N–H and O–H groups in total. The van der Waals surface area contributed by atoms with Crippen LogP contribution in [0, 0.1) is 46.5 Å². The average Bonchev–Trinajstić information content (AvgIpc) is 2.77. The number of ketones is 1. The Morgan fingerprint density at radius 3 is 1.12 bits per heavy atom. The summed E-state index contributed by atoms with van der Waals surface area (Å²) in [6, 6.07) is 0. The van der Waals surface area contributed by atoms with Crippen LogP contribution in [0.5, 0.6) is 0 Å². The van der Waals surface area contributed by atoms with Gasteiger partial charge in [0.2, 0.25) is 0 Å². The number of azide groups is 2. The molecule has 0 aliphatic rings. The normalized spacial score (nSPS) is 11.0. The first-order valence-corrected chi connectivity index (χ1v) is 7.78. The number of halogens is 8. The molecule has 0 aliphatic carbocycles. The number of rotatable bonds is 6. The van der Waals surface area contributed by atoms with Crippen LogP contribution in [0.1, 0.15) is 11.1 Å². The van der Waals surface area contributed by atoms with Crippen molar-refractivity contribution in [3.63, 3.8) is 0 Å². The molecule has 0 spiro atoms. The molecule has 0 radical (unpaired) electrons. The summed E-state index contributed by atoms with van der Waals surface area (Å²) in [5.74, 6) is -17.6. The van der Waals surface area contributed by atoms with Crippen LogP contribution in [0.15, 0.2) is 22.4 Å². The molecule has 0 saturated heterocycles. The molecule has 0 aliphatic heterocycles. The number of benzene rings is 2. The second-order valence-corrected chi connectivity index (χ2v) is 5.48. The van der Waals surface area contributed by atoms with E-state index in [0.29, 0.717) is 12.2 Å². The highest BCUT2D eigenvalue weighted by molar-refractivity contribution is 6.04. The molecule has 0 unspecified atom stereocenters. The van der Waals surface area contributed by atoms with Gasteiger partial charge in [0.15, 0.2) is 52.3 Å². The van der Waals surface area contributed by atoms with Crippen molar-refractivity contribution in [3.8, 4) is 0 Å². The molecule has 0 amide bonds. The molecule has 0 fully saturated rings. The largest absolute Gasteiger partial charge is 0.290 e. The molecule has 15 heteroatoms. The molecule has 164 valence electrons. The van der Waals surface area contributed by atoms with Gasteiger partial charge in [-0.2, -0.15) is 0 Å². The Hall–Kier alpha value is -4.35. The van der Waals surface area contributed by atoms with E-state index in [0.717, 1.165) is 0 Å². The molecule has 0 saturated carbocycles. The predicted molar refractivity (Wildman–Crippen MR) is 93.2 cm³/mol. The molecule has 7 nitrogen and oxygen atoms in total. The van der Waals surface area contributed by atoms with Gasteiger partial charge in [0.05, 0.1) is 11.1 Å². The molecule has 0 heterocycles. The van der Waals surface area contributed by atoms with Gasteiger partial charge in [-0.3, -0.25) is 4.79 Å². The van der Waals surface area contributed by atoms with Gasteiger partial charge in [-0.1, -0.05) is 10.2 Å². The first-order valence-electron chi connectivity index (χ1n) is 7.78. The van der Waals surface area contributed by atoms with Crippen LogP contribution in [0.3, 0.4) is 0 Å². The monoisotopic (exact) mass is 460 g/mol. The second-order valence-electron chi connectivity index (χ2n) is 5.48. The first-order chi connectivity index (χ1) is 15.1. The summed E-state index contributed by atoms with van der Waals surface area (Å²) in [4.78, 5) is 15.7. The maximum absolute atomic E-state index is 13.9.